The Balaban J connectivity index is 1.93. The molecule has 4 nitrogen and oxygen atoms in total. The minimum absolute atomic E-state index is 0.0576. The van der Waals surface area contributed by atoms with Crippen LogP contribution >= 0.6 is 0 Å². The van der Waals surface area contributed by atoms with Crippen molar-refractivity contribution in [3.63, 3.8) is 0 Å². The molecule has 26 heavy (non-hydrogen) atoms. The van der Waals surface area contributed by atoms with Gasteiger partial charge in [0.2, 0.25) is 0 Å². The van der Waals surface area contributed by atoms with Crippen LogP contribution in [0.15, 0.2) is 67.8 Å². The van der Waals surface area contributed by atoms with Crippen molar-refractivity contribution < 1.29 is 19.1 Å². The fourth-order valence-electron chi connectivity index (χ4n) is 2.82. The highest BCUT2D eigenvalue weighted by Gasteiger charge is 2.14. The maximum absolute atomic E-state index is 11.3. The largest absolute Gasteiger partial charge is 0.462 e. The molecule has 0 aliphatic carbocycles. The van der Waals surface area contributed by atoms with Crippen molar-refractivity contribution in [1.82, 2.24) is 0 Å². The highest BCUT2D eigenvalue weighted by atomic mass is 16.5. The Morgan fingerprint density at radius 3 is 2.19 bits per heavy atom. The molecular formula is C22H24O4. The Hall–Kier alpha value is -2.88. The molecule has 0 unspecified atom stereocenters. The lowest BCUT2D eigenvalue weighted by Gasteiger charge is -2.16. The van der Waals surface area contributed by atoms with E-state index in [4.69, 9.17) is 9.47 Å². The van der Waals surface area contributed by atoms with Gasteiger partial charge in [-0.05, 0) is 35.6 Å². The Labute approximate surface area is 154 Å². The third-order valence-electron chi connectivity index (χ3n) is 4.19. The molecular weight excluding hydrogens is 328 g/mol. The van der Waals surface area contributed by atoms with E-state index in [1.807, 2.05) is 12.1 Å². The first-order valence-corrected chi connectivity index (χ1v) is 8.69. The van der Waals surface area contributed by atoms with Gasteiger partial charge >= 0.3 is 11.9 Å². The molecule has 2 rings (SSSR count). The SMILES string of the molecule is C=CC(=O)OCC(CCCc1cccc2ccccc12)COC(=O)C=C. The molecule has 2 aromatic carbocycles. The third-order valence-corrected chi connectivity index (χ3v) is 4.19. The smallest absolute Gasteiger partial charge is 0.330 e. The molecule has 0 amide bonds. The van der Waals surface area contributed by atoms with Crippen molar-refractivity contribution in [2.75, 3.05) is 13.2 Å². The maximum atomic E-state index is 11.3. The van der Waals surface area contributed by atoms with Crippen molar-refractivity contribution in [3.8, 4) is 0 Å². The lowest BCUT2D eigenvalue weighted by Crippen LogP contribution is -2.20. The van der Waals surface area contributed by atoms with Crippen molar-refractivity contribution in [1.29, 1.82) is 0 Å². The molecule has 0 saturated heterocycles. The van der Waals surface area contributed by atoms with E-state index in [-0.39, 0.29) is 19.1 Å². The molecule has 0 atom stereocenters. The molecule has 0 aliphatic heterocycles. The molecule has 0 spiro atoms. The van der Waals surface area contributed by atoms with Crippen molar-refractivity contribution >= 4 is 22.7 Å². The first-order valence-electron chi connectivity index (χ1n) is 8.69. The Kier molecular flexibility index (Phi) is 7.62. The second kappa shape index (κ2) is 10.2. The average Bonchev–Trinajstić information content (AvgIpc) is 2.69. The fraction of sp³-hybridized carbons (Fsp3) is 0.273. The van der Waals surface area contributed by atoms with Crippen molar-refractivity contribution in [3.05, 3.63) is 73.3 Å². The number of carbonyl (C=O) groups is 2. The Morgan fingerprint density at radius 1 is 0.923 bits per heavy atom. The predicted octanol–water partition coefficient (Wildman–Crippen LogP) is 4.24. The van der Waals surface area contributed by atoms with Crippen LogP contribution in [-0.2, 0) is 25.5 Å². The number of esters is 2. The second-order valence-corrected chi connectivity index (χ2v) is 6.06. The first-order chi connectivity index (χ1) is 12.6. The van der Waals surface area contributed by atoms with E-state index in [0.717, 1.165) is 31.4 Å². The summed E-state index contributed by atoms with van der Waals surface area (Å²) in [6.45, 7) is 7.17. The van der Waals surface area contributed by atoms with E-state index in [1.54, 1.807) is 0 Å². The zero-order valence-corrected chi connectivity index (χ0v) is 14.9. The van der Waals surface area contributed by atoms with E-state index < -0.39 is 11.9 Å². The fourth-order valence-corrected chi connectivity index (χ4v) is 2.82. The van der Waals surface area contributed by atoms with E-state index in [2.05, 4.69) is 43.5 Å². The number of hydrogen-bond donors (Lipinski definition) is 0. The third kappa shape index (κ3) is 5.88. The van der Waals surface area contributed by atoms with Gasteiger partial charge in [0.25, 0.3) is 0 Å². The van der Waals surface area contributed by atoms with Crippen LogP contribution in [0.25, 0.3) is 10.8 Å². The zero-order valence-electron chi connectivity index (χ0n) is 14.9. The average molecular weight is 352 g/mol. The van der Waals surface area contributed by atoms with Gasteiger partial charge in [0.15, 0.2) is 0 Å². The summed E-state index contributed by atoms with van der Waals surface area (Å²) in [5.41, 5.74) is 1.29. The highest BCUT2D eigenvalue weighted by molar-refractivity contribution is 5.85. The van der Waals surface area contributed by atoms with Gasteiger partial charge in [-0.3, -0.25) is 0 Å². The molecule has 0 fully saturated rings. The number of ether oxygens (including phenoxy) is 2. The number of aryl methyl sites for hydroxylation is 1. The molecule has 4 heteroatoms. The van der Waals surface area contributed by atoms with Crippen LogP contribution in [0, 0.1) is 5.92 Å². The molecule has 0 radical (unpaired) electrons. The van der Waals surface area contributed by atoms with E-state index in [1.165, 1.54) is 16.3 Å². The number of hydrogen-bond acceptors (Lipinski definition) is 4. The number of fused-ring (bicyclic) bond motifs is 1. The van der Waals surface area contributed by atoms with Gasteiger partial charge in [-0.25, -0.2) is 9.59 Å². The van der Waals surface area contributed by atoms with Crippen molar-refractivity contribution in [2.45, 2.75) is 19.3 Å². The molecule has 0 bridgehead atoms. The van der Waals surface area contributed by atoms with E-state index in [0.29, 0.717) is 0 Å². The molecule has 0 aliphatic rings. The van der Waals surface area contributed by atoms with Crippen LogP contribution < -0.4 is 0 Å². The van der Waals surface area contributed by atoms with Crippen LogP contribution in [0.1, 0.15) is 18.4 Å². The molecule has 136 valence electrons. The standard InChI is InChI=1S/C22H24O4/c1-3-21(23)25-15-17(16-26-22(24)4-2)9-7-11-19-13-8-12-18-10-5-6-14-20(18)19/h3-6,8,10,12-14,17H,1-2,7,9,11,15-16H2. The van der Waals surface area contributed by atoms with Crippen LogP contribution in [0.2, 0.25) is 0 Å². The van der Waals surface area contributed by atoms with Crippen LogP contribution in [-0.4, -0.2) is 25.2 Å². The van der Waals surface area contributed by atoms with E-state index >= 15 is 0 Å². The summed E-state index contributed by atoms with van der Waals surface area (Å²) >= 11 is 0. The summed E-state index contributed by atoms with van der Waals surface area (Å²) in [5, 5.41) is 2.48. The Bertz CT molecular complexity index is 749. The topological polar surface area (TPSA) is 52.6 Å². The number of carbonyl (C=O) groups excluding carboxylic acids is 2. The van der Waals surface area contributed by atoms with Crippen LogP contribution in [0.4, 0.5) is 0 Å². The summed E-state index contributed by atoms with van der Waals surface area (Å²) in [5.74, 6) is -1.00. The quantitative estimate of drug-likeness (QED) is 0.474. The number of rotatable bonds is 10. The predicted molar refractivity (Wildman–Crippen MR) is 103 cm³/mol. The highest BCUT2D eigenvalue weighted by Crippen LogP contribution is 2.21. The zero-order chi connectivity index (χ0) is 18.8. The van der Waals surface area contributed by atoms with Crippen LogP contribution in [0.5, 0.6) is 0 Å². The molecule has 0 saturated carbocycles. The van der Waals surface area contributed by atoms with Gasteiger partial charge in [-0.15, -0.1) is 0 Å². The molecule has 0 heterocycles. The van der Waals surface area contributed by atoms with Gasteiger partial charge in [0, 0.05) is 18.1 Å². The van der Waals surface area contributed by atoms with Crippen LogP contribution in [0.3, 0.4) is 0 Å². The first kappa shape index (κ1) is 19.4. The Morgan fingerprint density at radius 2 is 1.54 bits per heavy atom. The maximum Gasteiger partial charge on any atom is 0.330 e. The second-order valence-electron chi connectivity index (χ2n) is 6.06. The molecule has 2 aromatic rings. The van der Waals surface area contributed by atoms with Gasteiger partial charge in [-0.1, -0.05) is 55.6 Å². The minimum Gasteiger partial charge on any atom is -0.462 e. The summed E-state index contributed by atoms with van der Waals surface area (Å²) in [6.07, 6.45) is 4.84. The van der Waals surface area contributed by atoms with Crippen molar-refractivity contribution in [2.24, 2.45) is 5.92 Å². The molecule has 0 aromatic heterocycles. The molecule has 0 N–H and O–H groups in total. The van der Waals surface area contributed by atoms with Gasteiger partial charge in [-0.2, -0.15) is 0 Å². The van der Waals surface area contributed by atoms with Gasteiger partial charge < -0.3 is 9.47 Å². The summed E-state index contributed by atoms with van der Waals surface area (Å²) in [4.78, 5) is 22.6. The monoisotopic (exact) mass is 352 g/mol. The van der Waals surface area contributed by atoms with E-state index in [9.17, 15) is 9.59 Å². The lowest BCUT2D eigenvalue weighted by atomic mass is 9.97. The summed E-state index contributed by atoms with van der Waals surface area (Å²) in [6, 6.07) is 14.6. The lowest BCUT2D eigenvalue weighted by molar-refractivity contribution is -0.143. The normalized spacial score (nSPS) is 10.5. The summed E-state index contributed by atoms with van der Waals surface area (Å²) in [7, 11) is 0. The minimum atomic E-state index is -0.473. The number of benzene rings is 2. The summed E-state index contributed by atoms with van der Waals surface area (Å²) < 4.78 is 10.2. The van der Waals surface area contributed by atoms with Gasteiger partial charge in [0.05, 0.1) is 13.2 Å². The van der Waals surface area contributed by atoms with Gasteiger partial charge in [0.1, 0.15) is 0 Å².